The summed E-state index contributed by atoms with van der Waals surface area (Å²) in [6.45, 7) is 2.59. The number of piperidine rings is 2. The first kappa shape index (κ1) is 18.5. The molecule has 27 heavy (non-hydrogen) atoms. The Morgan fingerprint density at radius 2 is 1.85 bits per heavy atom. The van der Waals surface area contributed by atoms with E-state index in [0.29, 0.717) is 18.0 Å². The first-order chi connectivity index (χ1) is 13.1. The smallest absolute Gasteiger partial charge is 0.226 e. The van der Waals surface area contributed by atoms with Gasteiger partial charge in [0, 0.05) is 36.7 Å². The number of benzene rings is 1. The van der Waals surface area contributed by atoms with E-state index in [2.05, 4.69) is 37.1 Å². The molecule has 2 fully saturated rings. The Morgan fingerprint density at radius 3 is 2.52 bits per heavy atom. The molecule has 0 amide bonds. The van der Waals surface area contributed by atoms with Gasteiger partial charge >= 0.3 is 0 Å². The van der Waals surface area contributed by atoms with Gasteiger partial charge in [-0.05, 0) is 49.8 Å². The fraction of sp³-hybridized carbons (Fsp3) is 0.579. The summed E-state index contributed by atoms with van der Waals surface area (Å²) in [5.41, 5.74) is 6.95. The van der Waals surface area contributed by atoms with E-state index in [1.807, 2.05) is 12.1 Å². The fourth-order valence-corrected chi connectivity index (χ4v) is 4.54. The molecule has 8 heteroatoms. The number of nitrogens with two attached hydrogens (primary N) is 1. The van der Waals surface area contributed by atoms with Gasteiger partial charge in [0.25, 0.3) is 0 Å². The van der Waals surface area contributed by atoms with Crippen LogP contribution in [0.4, 0.5) is 11.9 Å². The second-order valence-corrected chi connectivity index (χ2v) is 8.10. The molecule has 0 aliphatic carbocycles. The van der Waals surface area contributed by atoms with E-state index in [4.69, 9.17) is 17.3 Å². The number of aromatic nitrogens is 3. The van der Waals surface area contributed by atoms with Gasteiger partial charge in [0.1, 0.15) is 0 Å². The number of anilines is 2. The Kier molecular flexibility index (Phi) is 5.52. The molecule has 0 spiro atoms. The van der Waals surface area contributed by atoms with Crippen molar-refractivity contribution in [2.75, 3.05) is 30.3 Å². The maximum Gasteiger partial charge on any atom is 0.226 e. The summed E-state index contributed by atoms with van der Waals surface area (Å²) < 4.78 is 0. The third kappa shape index (κ3) is 4.36. The van der Waals surface area contributed by atoms with Crippen molar-refractivity contribution in [1.82, 2.24) is 20.1 Å². The quantitative estimate of drug-likeness (QED) is 0.739. The highest BCUT2D eigenvalue weighted by Crippen LogP contribution is 2.29. The van der Waals surface area contributed by atoms with Gasteiger partial charge < -0.3 is 15.7 Å². The second-order valence-electron chi connectivity index (χ2n) is 7.66. The lowest BCUT2D eigenvalue weighted by atomic mass is 9.90. The molecule has 2 unspecified atom stereocenters. The number of aliphatic hydroxyl groups is 1. The fourth-order valence-electron chi connectivity index (χ4n) is 4.41. The summed E-state index contributed by atoms with van der Waals surface area (Å²) in [5.74, 6) is 1.11. The van der Waals surface area contributed by atoms with Gasteiger partial charge in [0.15, 0.2) is 0 Å². The van der Waals surface area contributed by atoms with Crippen LogP contribution in [0.2, 0.25) is 5.02 Å². The molecule has 2 aromatic rings. The van der Waals surface area contributed by atoms with Crippen LogP contribution in [0.1, 0.15) is 31.2 Å². The molecule has 0 bridgehead atoms. The van der Waals surface area contributed by atoms with E-state index >= 15 is 0 Å². The van der Waals surface area contributed by atoms with Gasteiger partial charge in [-0.1, -0.05) is 23.7 Å². The van der Waals surface area contributed by atoms with Crippen LogP contribution >= 0.6 is 11.6 Å². The van der Waals surface area contributed by atoms with Crippen LogP contribution in [-0.2, 0) is 6.42 Å². The molecule has 0 saturated carbocycles. The Bertz CT molecular complexity index is 743. The maximum atomic E-state index is 10.3. The minimum absolute atomic E-state index is 0.224. The third-order valence-electron chi connectivity index (χ3n) is 5.83. The van der Waals surface area contributed by atoms with Crippen LogP contribution in [0.3, 0.4) is 0 Å². The van der Waals surface area contributed by atoms with E-state index in [-0.39, 0.29) is 6.10 Å². The van der Waals surface area contributed by atoms with Crippen LogP contribution in [0.15, 0.2) is 24.3 Å². The Hall–Kier alpha value is -1.83. The van der Waals surface area contributed by atoms with Crippen LogP contribution in [-0.4, -0.2) is 63.0 Å². The van der Waals surface area contributed by atoms with Gasteiger partial charge in [-0.15, -0.1) is 10.2 Å². The largest absolute Gasteiger partial charge is 0.392 e. The standard InChI is InChI=1S/C19H27ClN6O/c20-14-3-1-13(2-4-14)11-16-5-6-17(27)12-26(16)15-7-9-25(10-8-15)19-22-18(21)23-24-19/h1-4,15-17,27H,5-12H2,(H3,21,22,23,24). The molecule has 3 heterocycles. The van der Waals surface area contributed by atoms with Gasteiger partial charge in [-0.2, -0.15) is 0 Å². The van der Waals surface area contributed by atoms with E-state index < -0.39 is 0 Å². The van der Waals surface area contributed by atoms with Crippen molar-refractivity contribution in [2.24, 2.45) is 0 Å². The maximum absolute atomic E-state index is 10.3. The van der Waals surface area contributed by atoms with Gasteiger partial charge in [0.05, 0.1) is 6.10 Å². The zero-order valence-electron chi connectivity index (χ0n) is 15.4. The number of halogens is 1. The molecule has 2 aliphatic heterocycles. The van der Waals surface area contributed by atoms with Crippen LogP contribution in [0.5, 0.6) is 0 Å². The number of aromatic amines is 1. The number of hydrogen-bond donors (Lipinski definition) is 3. The number of β-amino-alcohol motifs (C(OH)–C–C–N with tert-alkyl or cyclic N) is 1. The lowest BCUT2D eigenvalue weighted by Crippen LogP contribution is -2.54. The summed E-state index contributed by atoms with van der Waals surface area (Å²) in [6.07, 6.45) is 4.78. The molecule has 1 aromatic heterocycles. The average molecular weight is 391 g/mol. The van der Waals surface area contributed by atoms with E-state index in [9.17, 15) is 5.11 Å². The Labute approximate surface area is 164 Å². The third-order valence-corrected chi connectivity index (χ3v) is 6.09. The molecule has 2 atom stereocenters. The average Bonchev–Trinajstić information content (AvgIpc) is 3.11. The molecule has 2 aliphatic rings. The van der Waals surface area contributed by atoms with Crippen molar-refractivity contribution >= 4 is 23.5 Å². The van der Waals surface area contributed by atoms with E-state index in [0.717, 1.165) is 62.7 Å². The van der Waals surface area contributed by atoms with Gasteiger partial charge in [-0.25, -0.2) is 0 Å². The number of nitrogen functional groups attached to an aromatic ring is 1. The molecule has 4 rings (SSSR count). The lowest BCUT2D eigenvalue weighted by Gasteiger charge is -2.46. The highest BCUT2D eigenvalue weighted by Gasteiger charge is 2.34. The number of likely N-dealkylation sites (tertiary alicyclic amines) is 1. The Morgan fingerprint density at radius 1 is 1.11 bits per heavy atom. The molecule has 2 saturated heterocycles. The predicted octanol–water partition coefficient (Wildman–Crippen LogP) is 2.08. The van der Waals surface area contributed by atoms with E-state index in [1.165, 1.54) is 5.56 Å². The summed E-state index contributed by atoms with van der Waals surface area (Å²) in [5, 5.41) is 19.0. The monoisotopic (exact) mass is 390 g/mol. The van der Waals surface area contributed by atoms with Crippen LogP contribution in [0, 0.1) is 0 Å². The minimum atomic E-state index is -0.224. The number of nitrogens with one attached hydrogen (secondary N) is 1. The predicted molar refractivity (Wildman–Crippen MR) is 107 cm³/mol. The van der Waals surface area contributed by atoms with Crippen molar-refractivity contribution in [1.29, 1.82) is 0 Å². The van der Waals surface area contributed by atoms with Crippen LogP contribution < -0.4 is 10.6 Å². The summed E-state index contributed by atoms with van der Waals surface area (Å²) in [6, 6.07) is 9.09. The highest BCUT2D eigenvalue weighted by atomic mass is 35.5. The minimum Gasteiger partial charge on any atom is -0.392 e. The van der Waals surface area contributed by atoms with Crippen molar-refractivity contribution in [2.45, 2.75) is 50.3 Å². The van der Waals surface area contributed by atoms with Crippen LogP contribution in [0.25, 0.3) is 0 Å². The molecule has 7 nitrogen and oxygen atoms in total. The summed E-state index contributed by atoms with van der Waals surface area (Å²) >= 11 is 6.02. The highest BCUT2D eigenvalue weighted by molar-refractivity contribution is 6.30. The van der Waals surface area contributed by atoms with Gasteiger partial charge in [0.2, 0.25) is 11.9 Å². The van der Waals surface area contributed by atoms with Crippen molar-refractivity contribution in [3.8, 4) is 0 Å². The number of hydrogen-bond acceptors (Lipinski definition) is 6. The van der Waals surface area contributed by atoms with Gasteiger partial charge in [-0.3, -0.25) is 9.88 Å². The zero-order valence-corrected chi connectivity index (χ0v) is 16.1. The number of nitrogens with zero attached hydrogens (tertiary/aromatic N) is 4. The normalized spacial score (nSPS) is 25.0. The molecule has 1 aromatic carbocycles. The zero-order chi connectivity index (χ0) is 18.8. The Balaban J connectivity index is 1.41. The lowest BCUT2D eigenvalue weighted by molar-refractivity contribution is 0.00238. The second kappa shape index (κ2) is 8.04. The van der Waals surface area contributed by atoms with Crippen molar-refractivity contribution in [3.63, 3.8) is 0 Å². The summed E-state index contributed by atoms with van der Waals surface area (Å²) in [4.78, 5) is 7.75. The molecule has 4 N–H and O–H groups in total. The number of H-pyrrole nitrogens is 1. The number of rotatable bonds is 4. The topological polar surface area (TPSA) is 94.3 Å². The summed E-state index contributed by atoms with van der Waals surface area (Å²) in [7, 11) is 0. The molecule has 0 radical (unpaired) electrons. The van der Waals surface area contributed by atoms with E-state index in [1.54, 1.807) is 0 Å². The molecular formula is C19H27ClN6O. The molecular weight excluding hydrogens is 364 g/mol. The number of aliphatic hydroxyl groups excluding tert-OH is 1. The molecule has 146 valence electrons. The first-order valence-electron chi connectivity index (χ1n) is 9.70. The first-order valence-corrected chi connectivity index (χ1v) is 10.1. The SMILES string of the molecule is Nc1nnc(N2CCC(N3CC(O)CCC3Cc3ccc(Cl)cc3)CC2)[nH]1. The van der Waals surface area contributed by atoms with Crippen molar-refractivity contribution in [3.05, 3.63) is 34.9 Å². The van der Waals surface area contributed by atoms with Crippen molar-refractivity contribution < 1.29 is 5.11 Å².